The largest absolute Gasteiger partial charge is 0.379 e. The number of nitrogens with one attached hydrogen (secondary N) is 3. The van der Waals surface area contributed by atoms with Crippen molar-refractivity contribution in [1.82, 2.24) is 19.9 Å². The van der Waals surface area contributed by atoms with Crippen LogP contribution >= 0.6 is 0 Å². The van der Waals surface area contributed by atoms with Crippen LogP contribution in [0.1, 0.15) is 38.5 Å². The van der Waals surface area contributed by atoms with Crippen molar-refractivity contribution in [2.75, 3.05) is 42.9 Å². The van der Waals surface area contributed by atoms with Crippen molar-refractivity contribution in [1.29, 1.82) is 0 Å². The third-order valence-electron chi connectivity index (χ3n) is 8.64. The number of H-pyrrole nitrogens is 2. The van der Waals surface area contributed by atoms with Gasteiger partial charge in [-0.15, -0.1) is 0 Å². The normalized spacial score (nSPS) is 24.0. The Bertz CT molecular complexity index is 1480. The van der Waals surface area contributed by atoms with Crippen LogP contribution in [0.25, 0.3) is 33.3 Å². The zero-order chi connectivity index (χ0) is 24.9. The number of benzene rings is 2. The van der Waals surface area contributed by atoms with Crippen LogP contribution in [0.5, 0.6) is 0 Å². The molecule has 0 radical (unpaired) electrons. The first-order valence-electron chi connectivity index (χ1n) is 13.7. The molecular formula is C29H33FN6O. The fourth-order valence-electron chi connectivity index (χ4n) is 6.62. The second kappa shape index (κ2) is 9.17. The Morgan fingerprint density at radius 1 is 0.946 bits per heavy atom. The molecule has 4 aromatic rings. The van der Waals surface area contributed by atoms with Crippen LogP contribution in [-0.4, -0.2) is 58.6 Å². The van der Waals surface area contributed by atoms with Crippen molar-refractivity contribution < 1.29 is 4.39 Å². The molecule has 1 atom stereocenters. The number of fused-ring (bicyclic) bond motifs is 5. The molecule has 4 aliphatic heterocycles. The predicted octanol–water partition coefficient (Wildman–Crippen LogP) is 5.10. The van der Waals surface area contributed by atoms with Gasteiger partial charge in [0.1, 0.15) is 17.2 Å². The lowest BCUT2D eigenvalue weighted by Gasteiger charge is -2.45. The van der Waals surface area contributed by atoms with E-state index in [1.807, 2.05) is 30.3 Å². The highest BCUT2D eigenvalue weighted by Crippen LogP contribution is 2.37. The second-order valence-electron chi connectivity index (χ2n) is 10.9. The monoisotopic (exact) mass is 500 g/mol. The molecule has 0 aliphatic carbocycles. The standard InChI is InChI=1S/C29H33FN6O/c30-20-15-19-23(16-25(20)36-11-5-1-2-6-12-36)34-29(37)26(28-32-21-7-3-4-8-22(21)33-28)27(19)31-24-17-35-13-9-18(24)10-14-35/h3-4,7-8,15-16,18,24H,1-2,5-6,9-14,17H2,(H,32,33)(H2,31,34,37)/t24-/m0/s1. The average molecular weight is 501 g/mol. The van der Waals surface area contributed by atoms with Gasteiger partial charge in [0.25, 0.3) is 5.56 Å². The summed E-state index contributed by atoms with van der Waals surface area (Å²) in [6.07, 6.45) is 6.77. The van der Waals surface area contributed by atoms with Gasteiger partial charge in [-0.3, -0.25) is 4.79 Å². The number of anilines is 2. The highest BCUT2D eigenvalue weighted by molar-refractivity contribution is 6.00. The Morgan fingerprint density at radius 3 is 2.46 bits per heavy atom. The van der Waals surface area contributed by atoms with Gasteiger partial charge in [-0.25, -0.2) is 9.37 Å². The number of aromatic amines is 2. The third-order valence-corrected chi connectivity index (χ3v) is 8.64. The Morgan fingerprint density at radius 2 is 1.73 bits per heavy atom. The zero-order valence-corrected chi connectivity index (χ0v) is 21.0. The molecule has 8 rings (SSSR count). The summed E-state index contributed by atoms with van der Waals surface area (Å²) in [4.78, 5) is 29.5. The molecule has 8 heteroatoms. The molecule has 2 bridgehead atoms. The van der Waals surface area contributed by atoms with Gasteiger partial charge in [0, 0.05) is 31.1 Å². The lowest BCUT2D eigenvalue weighted by atomic mass is 9.83. The topological polar surface area (TPSA) is 80.1 Å². The van der Waals surface area contributed by atoms with Crippen molar-refractivity contribution >= 4 is 33.3 Å². The minimum Gasteiger partial charge on any atom is -0.379 e. The zero-order valence-electron chi connectivity index (χ0n) is 21.0. The number of imidazole rings is 1. The summed E-state index contributed by atoms with van der Waals surface area (Å²) in [6.45, 7) is 4.88. The first kappa shape index (κ1) is 22.8. The van der Waals surface area contributed by atoms with Crippen molar-refractivity contribution in [3.05, 3.63) is 52.6 Å². The fourth-order valence-corrected chi connectivity index (χ4v) is 6.62. The average Bonchev–Trinajstić information content (AvgIpc) is 3.15. The highest BCUT2D eigenvalue weighted by atomic mass is 19.1. The molecule has 2 aromatic heterocycles. The van der Waals surface area contributed by atoms with Crippen LogP contribution in [0.3, 0.4) is 0 Å². The van der Waals surface area contributed by atoms with Gasteiger partial charge in [-0.2, -0.15) is 0 Å². The molecule has 0 saturated carbocycles. The summed E-state index contributed by atoms with van der Waals surface area (Å²) in [6, 6.07) is 11.4. The Balaban J connectivity index is 1.40. The molecule has 37 heavy (non-hydrogen) atoms. The Labute approximate surface area is 215 Å². The lowest BCUT2D eigenvalue weighted by molar-refractivity contribution is 0.0976. The van der Waals surface area contributed by atoms with Crippen LogP contribution in [0, 0.1) is 11.7 Å². The van der Waals surface area contributed by atoms with E-state index in [1.165, 1.54) is 12.8 Å². The van der Waals surface area contributed by atoms with Crippen LogP contribution in [0.4, 0.5) is 15.8 Å². The van der Waals surface area contributed by atoms with Crippen molar-refractivity contribution in [3.8, 4) is 11.4 Å². The van der Waals surface area contributed by atoms with E-state index >= 15 is 4.39 Å². The molecule has 4 fully saturated rings. The van der Waals surface area contributed by atoms with Crippen molar-refractivity contribution in [3.63, 3.8) is 0 Å². The number of hydrogen-bond acceptors (Lipinski definition) is 5. The molecule has 0 spiro atoms. The molecule has 7 nitrogen and oxygen atoms in total. The molecular weight excluding hydrogens is 467 g/mol. The molecule has 4 aliphatic rings. The molecule has 2 aromatic carbocycles. The first-order chi connectivity index (χ1) is 18.1. The number of halogens is 1. The van der Waals surface area contributed by atoms with Gasteiger partial charge in [-0.05, 0) is 69.0 Å². The van der Waals surface area contributed by atoms with Crippen LogP contribution < -0.4 is 15.8 Å². The molecule has 6 heterocycles. The second-order valence-corrected chi connectivity index (χ2v) is 10.9. The molecule has 0 unspecified atom stereocenters. The van der Waals surface area contributed by atoms with Gasteiger partial charge in [0.05, 0.1) is 27.9 Å². The summed E-state index contributed by atoms with van der Waals surface area (Å²) < 4.78 is 15.8. The van der Waals surface area contributed by atoms with E-state index in [2.05, 4.69) is 25.1 Å². The van der Waals surface area contributed by atoms with Gasteiger partial charge >= 0.3 is 0 Å². The molecule has 192 valence electrons. The number of rotatable bonds is 4. The third kappa shape index (κ3) is 4.07. The summed E-state index contributed by atoms with van der Waals surface area (Å²) in [7, 11) is 0. The van der Waals surface area contributed by atoms with Crippen molar-refractivity contribution in [2.24, 2.45) is 5.92 Å². The maximum atomic E-state index is 15.8. The summed E-state index contributed by atoms with van der Waals surface area (Å²) in [5.41, 5.74) is 3.82. The number of pyridine rings is 1. The number of aromatic nitrogens is 3. The number of nitrogens with zero attached hydrogens (tertiary/aromatic N) is 3. The SMILES string of the molecule is O=c1[nH]c2cc(N3CCCCCC3)c(F)cc2c(N[C@H]2CN3CCC2CC3)c1-c1nc2ccccc2[nH]1. The predicted molar refractivity (Wildman–Crippen MR) is 147 cm³/mol. The molecule has 0 amide bonds. The van der Waals surface area contributed by atoms with E-state index in [-0.39, 0.29) is 17.4 Å². The summed E-state index contributed by atoms with van der Waals surface area (Å²) in [5.74, 6) is 0.808. The number of hydrogen-bond donors (Lipinski definition) is 3. The highest BCUT2D eigenvalue weighted by Gasteiger charge is 2.35. The minimum atomic E-state index is -0.242. The van der Waals surface area contributed by atoms with Crippen LogP contribution in [0.2, 0.25) is 0 Å². The van der Waals surface area contributed by atoms with E-state index in [4.69, 9.17) is 4.98 Å². The van der Waals surface area contributed by atoms with Gasteiger partial charge < -0.3 is 25.1 Å². The quantitative estimate of drug-likeness (QED) is 0.363. The summed E-state index contributed by atoms with van der Waals surface area (Å²) in [5, 5.41) is 4.44. The molecule has 4 saturated heterocycles. The van der Waals surface area contributed by atoms with Gasteiger partial charge in [0.2, 0.25) is 0 Å². The maximum absolute atomic E-state index is 15.8. The van der Waals surface area contributed by atoms with E-state index in [9.17, 15) is 4.79 Å². The van der Waals surface area contributed by atoms with E-state index in [0.717, 1.165) is 69.4 Å². The van der Waals surface area contributed by atoms with E-state index in [0.29, 0.717) is 39.6 Å². The first-order valence-corrected chi connectivity index (χ1v) is 13.7. The maximum Gasteiger partial charge on any atom is 0.261 e. The lowest BCUT2D eigenvalue weighted by Crippen LogP contribution is -2.53. The fraction of sp³-hybridized carbons (Fsp3) is 0.448. The van der Waals surface area contributed by atoms with E-state index < -0.39 is 0 Å². The van der Waals surface area contributed by atoms with Gasteiger partial charge in [-0.1, -0.05) is 25.0 Å². The minimum absolute atomic E-state index is 0.212. The number of para-hydroxylation sites is 2. The molecule has 3 N–H and O–H groups in total. The smallest absolute Gasteiger partial charge is 0.261 e. The Kier molecular flexibility index (Phi) is 5.65. The summed E-state index contributed by atoms with van der Waals surface area (Å²) >= 11 is 0. The van der Waals surface area contributed by atoms with Crippen LogP contribution in [-0.2, 0) is 0 Å². The number of piperidine rings is 3. The Hall–Kier alpha value is -3.39. The van der Waals surface area contributed by atoms with Crippen LogP contribution in [0.15, 0.2) is 41.2 Å². The van der Waals surface area contributed by atoms with Crippen molar-refractivity contribution in [2.45, 2.75) is 44.6 Å². The van der Waals surface area contributed by atoms with Gasteiger partial charge in [0.15, 0.2) is 0 Å². The van der Waals surface area contributed by atoms with E-state index in [1.54, 1.807) is 6.07 Å².